The van der Waals surface area contributed by atoms with Crippen molar-refractivity contribution in [2.24, 2.45) is 0 Å². The zero-order valence-electron chi connectivity index (χ0n) is 13.9. The molecule has 0 spiro atoms. The Kier molecular flexibility index (Phi) is 5.21. The maximum atomic E-state index is 12.4. The van der Waals surface area contributed by atoms with Crippen molar-refractivity contribution in [1.82, 2.24) is 4.72 Å². The summed E-state index contributed by atoms with van der Waals surface area (Å²) in [6.45, 7) is 2.86. The van der Waals surface area contributed by atoms with E-state index in [-0.39, 0.29) is 0 Å². The van der Waals surface area contributed by atoms with E-state index in [1.165, 1.54) is 11.1 Å². The molecular weight excluding hydrogens is 322 g/mol. The van der Waals surface area contributed by atoms with E-state index in [0.29, 0.717) is 24.5 Å². The normalized spacial score (nSPS) is 13.7. The van der Waals surface area contributed by atoms with Crippen molar-refractivity contribution in [3.05, 3.63) is 59.2 Å². The van der Waals surface area contributed by atoms with Crippen LogP contribution in [-0.2, 0) is 22.9 Å². The molecule has 0 saturated carbocycles. The average Bonchev–Trinajstić information content (AvgIpc) is 3.02. The maximum Gasteiger partial charge on any atom is 0.240 e. The van der Waals surface area contributed by atoms with E-state index in [4.69, 9.17) is 4.74 Å². The van der Waals surface area contributed by atoms with Crippen LogP contribution in [0.15, 0.2) is 47.4 Å². The third-order valence-corrected chi connectivity index (χ3v) is 5.71. The summed E-state index contributed by atoms with van der Waals surface area (Å²) < 4.78 is 33.0. The van der Waals surface area contributed by atoms with Crippen molar-refractivity contribution in [1.29, 1.82) is 0 Å². The van der Waals surface area contributed by atoms with Crippen LogP contribution in [0.3, 0.4) is 0 Å². The van der Waals surface area contributed by atoms with Crippen molar-refractivity contribution in [3.63, 3.8) is 0 Å². The molecular formula is C19H23NO3S. The topological polar surface area (TPSA) is 55.4 Å². The monoisotopic (exact) mass is 345 g/mol. The van der Waals surface area contributed by atoms with E-state index in [0.717, 1.165) is 30.6 Å². The van der Waals surface area contributed by atoms with E-state index in [1.54, 1.807) is 6.07 Å². The molecule has 24 heavy (non-hydrogen) atoms. The van der Waals surface area contributed by atoms with Gasteiger partial charge in [-0.2, -0.15) is 0 Å². The lowest BCUT2D eigenvalue weighted by Crippen LogP contribution is -2.26. The van der Waals surface area contributed by atoms with Crippen LogP contribution in [0.1, 0.15) is 29.5 Å². The molecule has 1 aliphatic rings. The molecule has 128 valence electrons. The molecule has 0 saturated heterocycles. The Morgan fingerprint density at radius 3 is 2.75 bits per heavy atom. The standard InChI is InChI=1S/C19H23NO3S/c1-15-5-2-8-18(13-15)23-12-4-11-20-24(21,22)19-10-9-16-6-3-7-17(16)14-19/h2,5,8-10,13-14,20H,3-4,6-7,11-12H2,1H3. The summed E-state index contributed by atoms with van der Waals surface area (Å²) in [5.41, 5.74) is 3.59. The molecule has 5 heteroatoms. The first kappa shape index (κ1) is 17.0. The van der Waals surface area contributed by atoms with Crippen LogP contribution in [-0.4, -0.2) is 21.6 Å². The van der Waals surface area contributed by atoms with Gasteiger partial charge in [-0.25, -0.2) is 13.1 Å². The Morgan fingerprint density at radius 2 is 1.92 bits per heavy atom. The van der Waals surface area contributed by atoms with Gasteiger partial charge >= 0.3 is 0 Å². The van der Waals surface area contributed by atoms with Crippen LogP contribution in [0.25, 0.3) is 0 Å². The highest BCUT2D eigenvalue weighted by Crippen LogP contribution is 2.24. The quantitative estimate of drug-likeness (QED) is 0.784. The van der Waals surface area contributed by atoms with Gasteiger partial charge < -0.3 is 4.74 Å². The van der Waals surface area contributed by atoms with Crippen LogP contribution >= 0.6 is 0 Å². The lowest BCUT2D eigenvalue weighted by atomic mass is 10.1. The lowest BCUT2D eigenvalue weighted by Gasteiger charge is -2.10. The van der Waals surface area contributed by atoms with Crippen LogP contribution < -0.4 is 9.46 Å². The lowest BCUT2D eigenvalue weighted by molar-refractivity contribution is 0.311. The maximum absolute atomic E-state index is 12.4. The molecule has 0 atom stereocenters. The molecule has 0 bridgehead atoms. The van der Waals surface area contributed by atoms with Crippen molar-refractivity contribution in [2.45, 2.75) is 37.5 Å². The van der Waals surface area contributed by atoms with Gasteiger partial charge in [0.2, 0.25) is 10.0 Å². The first-order valence-corrected chi connectivity index (χ1v) is 9.84. The predicted molar refractivity (Wildman–Crippen MR) is 94.9 cm³/mol. The first-order valence-electron chi connectivity index (χ1n) is 8.35. The summed E-state index contributed by atoms with van der Waals surface area (Å²) in [5.74, 6) is 0.816. The molecule has 0 amide bonds. The number of nitrogens with one attached hydrogen (secondary N) is 1. The van der Waals surface area contributed by atoms with Gasteiger partial charge in [0.05, 0.1) is 11.5 Å². The highest BCUT2D eigenvalue weighted by atomic mass is 32.2. The molecule has 0 radical (unpaired) electrons. The van der Waals surface area contributed by atoms with Gasteiger partial charge in [-0.1, -0.05) is 18.2 Å². The Labute approximate surface area is 143 Å². The molecule has 1 aliphatic carbocycles. The summed E-state index contributed by atoms with van der Waals surface area (Å²) in [4.78, 5) is 0.364. The average molecular weight is 345 g/mol. The fraction of sp³-hybridized carbons (Fsp3) is 0.368. The van der Waals surface area contributed by atoms with Crippen LogP contribution in [0.5, 0.6) is 5.75 Å². The molecule has 0 unspecified atom stereocenters. The molecule has 4 nitrogen and oxygen atoms in total. The molecule has 0 aliphatic heterocycles. The van der Waals surface area contributed by atoms with Gasteiger partial charge in [0.1, 0.15) is 5.75 Å². The minimum Gasteiger partial charge on any atom is -0.494 e. The highest BCUT2D eigenvalue weighted by Gasteiger charge is 2.17. The number of hydrogen-bond acceptors (Lipinski definition) is 3. The van der Waals surface area contributed by atoms with Gasteiger partial charge in [0, 0.05) is 6.54 Å². The zero-order valence-corrected chi connectivity index (χ0v) is 14.7. The molecule has 0 fully saturated rings. The number of ether oxygens (including phenoxy) is 1. The summed E-state index contributed by atoms with van der Waals surface area (Å²) >= 11 is 0. The van der Waals surface area contributed by atoms with E-state index < -0.39 is 10.0 Å². The second-order valence-electron chi connectivity index (χ2n) is 6.20. The SMILES string of the molecule is Cc1cccc(OCCCNS(=O)(=O)c2ccc3c(c2)CCC3)c1. The second-order valence-corrected chi connectivity index (χ2v) is 7.97. The fourth-order valence-electron chi connectivity index (χ4n) is 2.97. The third-order valence-electron chi connectivity index (χ3n) is 4.25. The Hall–Kier alpha value is -1.85. The van der Waals surface area contributed by atoms with Crippen molar-refractivity contribution >= 4 is 10.0 Å². The van der Waals surface area contributed by atoms with Crippen LogP contribution in [0.4, 0.5) is 0 Å². The van der Waals surface area contributed by atoms with Crippen LogP contribution in [0, 0.1) is 6.92 Å². The number of hydrogen-bond donors (Lipinski definition) is 1. The number of benzene rings is 2. The highest BCUT2D eigenvalue weighted by molar-refractivity contribution is 7.89. The van der Waals surface area contributed by atoms with E-state index in [1.807, 2.05) is 43.3 Å². The minimum atomic E-state index is -3.44. The molecule has 0 heterocycles. The molecule has 1 N–H and O–H groups in total. The van der Waals surface area contributed by atoms with Crippen molar-refractivity contribution in [3.8, 4) is 5.75 Å². The van der Waals surface area contributed by atoms with Gasteiger partial charge in [-0.3, -0.25) is 0 Å². The van der Waals surface area contributed by atoms with E-state index in [2.05, 4.69) is 4.72 Å². The van der Waals surface area contributed by atoms with Crippen LogP contribution in [0.2, 0.25) is 0 Å². The molecule has 3 rings (SSSR count). The zero-order chi connectivity index (χ0) is 17.0. The van der Waals surface area contributed by atoms with E-state index >= 15 is 0 Å². The Bertz CT molecular complexity index is 815. The van der Waals surface area contributed by atoms with Gasteiger partial charge in [0.15, 0.2) is 0 Å². The molecule has 2 aromatic carbocycles. The second kappa shape index (κ2) is 7.36. The number of fused-ring (bicyclic) bond motifs is 1. The summed E-state index contributed by atoms with van der Waals surface area (Å²) in [6, 6.07) is 13.3. The first-order chi connectivity index (χ1) is 11.5. The molecule has 0 aromatic heterocycles. The Balaban J connectivity index is 1.49. The number of sulfonamides is 1. The predicted octanol–water partition coefficient (Wildman–Crippen LogP) is 3.23. The summed E-state index contributed by atoms with van der Waals surface area (Å²) in [6.07, 6.45) is 3.77. The van der Waals surface area contributed by atoms with Crippen molar-refractivity contribution < 1.29 is 13.2 Å². The van der Waals surface area contributed by atoms with Gasteiger partial charge in [-0.05, 0) is 73.6 Å². The third kappa shape index (κ3) is 4.16. The number of rotatable bonds is 7. The largest absolute Gasteiger partial charge is 0.494 e. The smallest absolute Gasteiger partial charge is 0.240 e. The molecule has 2 aromatic rings. The van der Waals surface area contributed by atoms with Gasteiger partial charge in [0.25, 0.3) is 0 Å². The van der Waals surface area contributed by atoms with Gasteiger partial charge in [-0.15, -0.1) is 0 Å². The summed E-state index contributed by atoms with van der Waals surface area (Å²) in [7, 11) is -3.44. The fourth-order valence-corrected chi connectivity index (χ4v) is 4.10. The number of aryl methyl sites for hydroxylation is 3. The minimum absolute atomic E-state index is 0.364. The van der Waals surface area contributed by atoms with E-state index in [9.17, 15) is 8.42 Å². The Morgan fingerprint density at radius 1 is 1.08 bits per heavy atom. The summed E-state index contributed by atoms with van der Waals surface area (Å²) in [5, 5.41) is 0. The van der Waals surface area contributed by atoms with Crippen molar-refractivity contribution in [2.75, 3.05) is 13.2 Å².